The number of thiophene rings is 1. The zero-order chi connectivity index (χ0) is 12.0. The summed E-state index contributed by atoms with van der Waals surface area (Å²) in [6.45, 7) is 3.93. The highest BCUT2D eigenvalue weighted by Crippen LogP contribution is 2.21. The van der Waals surface area contributed by atoms with Gasteiger partial charge >= 0.3 is 0 Å². The summed E-state index contributed by atoms with van der Waals surface area (Å²) < 4.78 is 0.816. The fourth-order valence-corrected chi connectivity index (χ4v) is 2.29. The van der Waals surface area contributed by atoms with Crippen LogP contribution >= 0.6 is 22.9 Å². The van der Waals surface area contributed by atoms with Gasteiger partial charge in [-0.1, -0.05) is 11.6 Å². The molecule has 0 spiro atoms. The molecule has 0 aliphatic carbocycles. The van der Waals surface area contributed by atoms with Gasteiger partial charge in [0, 0.05) is 25.0 Å². The van der Waals surface area contributed by atoms with Gasteiger partial charge in [-0.15, -0.1) is 11.3 Å². The molecule has 5 heteroatoms. The molecule has 0 radical (unpaired) electrons. The second-order valence-electron chi connectivity index (χ2n) is 3.54. The minimum Gasteiger partial charge on any atom is -0.345 e. The quantitative estimate of drug-likeness (QED) is 0.794. The number of hydrogen-bond acceptors (Lipinski definition) is 3. The van der Waals surface area contributed by atoms with Crippen molar-refractivity contribution in [2.75, 3.05) is 26.7 Å². The first-order valence-electron chi connectivity index (χ1n) is 5.32. The molecular formula is C11H17ClN2OS. The molecule has 0 atom stereocenters. The van der Waals surface area contributed by atoms with Gasteiger partial charge in [0.25, 0.3) is 0 Å². The summed E-state index contributed by atoms with van der Waals surface area (Å²) in [5.41, 5.74) is 0. The molecule has 0 unspecified atom stereocenters. The molecule has 3 nitrogen and oxygen atoms in total. The molecule has 1 N–H and O–H groups in total. The van der Waals surface area contributed by atoms with Crippen LogP contribution in [0, 0.1) is 0 Å². The standard InChI is InChI=1S/C11H17ClN2OS/c1-3-14(2)11(15)8-13-7-6-9-4-5-10(12)16-9/h4-5,13H,3,6-8H2,1-2H3. The van der Waals surface area contributed by atoms with E-state index in [2.05, 4.69) is 5.32 Å². The van der Waals surface area contributed by atoms with Gasteiger partial charge in [0.05, 0.1) is 10.9 Å². The van der Waals surface area contributed by atoms with Crippen molar-refractivity contribution in [1.82, 2.24) is 10.2 Å². The van der Waals surface area contributed by atoms with E-state index < -0.39 is 0 Å². The number of hydrogen-bond donors (Lipinski definition) is 1. The number of carbonyl (C=O) groups excluding carboxylic acids is 1. The molecule has 16 heavy (non-hydrogen) atoms. The van der Waals surface area contributed by atoms with Crippen LogP contribution in [0.4, 0.5) is 0 Å². The molecule has 1 aromatic heterocycles. The highest BCUT2D eigenvalue weighted by Gasteiger charge is 2.05. The average molecular weight is 261 g/mol. The van der Waals surface area contributed by atoms with Crippen LogP contribution in [0.15, 0.2) is 12.1 Å². The monoisotopic (exact) mass is 260 g/mol. The summed E-state index contributed by atoms with van der Waals surface area (Å²) in [7, 11) is 1.81. The van der Waals surface area contributed by atoms with Crippen LogP contribution in [-0.2, 0) is 11.2 Å². The van der Waals surface area contributed by atoms with Crippen molar-refractivity contribution in [2.24, 2.45) is 0 Å². The zero-order valence-electron chi connectivity index (χ0n) is 9.62. The third kappa shape index (κ3) is 4.51. The normalized spacial score (nSPS) is 10.4. The number of rotatable bonds is 6. The van der Waals surface area contributed by atoms with Crippen LogP contribution in [0.2, 0.25) is 4.34 Å². The first-order chi connectivity index (χ1) is 7.63. The van der Waals surface area contributed by atoms with Gasteiger partial charge in [0.1, 0.15) is 0 Å². The summed E-state index contributed by atoms with van der Waals surface area (Å²) in [4.78, 5) is 14.4. The Hall–Kier alpha value is -0.580. The van der Waals surface area contributed by atoms with Crippen molar-refractivity contribution in [3.05, 3.63) is 21.3 Å². The van der Waals surface area contributed by atoms with Crippen molar-refractivity contribution in [3.63, 3.8) is 0 Å². The van der Waals surface area contributed by atoms with E-state index in [1.54, 1.807) is 16.2 Å². The smallest absolute Gasteiger partial charge is 0.236 e. The van der Waals surface area contributed by atoms with Gasteiger partial charge in [-0.3, -0.25) is 4.79 Å². The predicted molar refractivity (Wildman–Crippen MR) is 69.2 cm³/mol. The van der Waals surface area contributed by atoms with Gasteiger partial charge in [-0.25, -0.2) is 0 Å². The molecule has 1 heterocycles. The summed E-state index contributed by atoms with van der Waals surface area (Å²) in [5.74, 6) is 0.131. The maximum Gasteiger partial charge on any atom is 0.236 e. The Morgan fingerprint density at radius 3 is 2.88 bits per heavy atom. The molecule has 0 aliphatic heterocycles. The molecule has 1 amide bonds. The SMILES string of the molecule is CCN(C)C(=O)CNCCc1ccc(Cl)s1. The van der Waals surface area contributed by atoms with Gasteiger partial charge in [0.2, 0.25) is 5.91 Å². The Bertz CT molecular complexity index is 340. The molecule has 90 valence electrons. The maximum absolute atomic E-state index is 11.4. The Morgan fingerprint density at radius 2 is 2.31 bits per heavy atom. The largest absolute Gasteiger partial charge is 0.345 e. The van der Waals surface area contributed by atoms with Crippen molar-refractivity contribution in [3.8, 4) is 0 Å². The molecule has 0 aromatic carbocycles. The van der Waals surface area contributed by atoms with Crippen molar-refractivity contribution in [1.29, 1.82) is 0 Å². The topological polar surface area (TPSA) is 32.3 Å². The fraction of sp³-hybridized carbons (Fsp3) is 0.545. The van der Waals surface area contributed by atoms with E-state index in [1.165, 1.54) is 4.88 Å². The molecule has 1 rings (SSSR count). The molecular weight excluding hydrogens is 244 g/mol. The summed E-state index contributed by atoms with van der Waals surface area (Å²) in [5, 5.41) is 3.13. The number of halogens is 1. The van der Waals surface area contributed by atoms with E-state index in [0.717, 1.165) is 23.8 Å². The number of amides is 1. The first kappa shape index (κ1) is 13.5. The summed E-state index contributed by atoms with van der Waals surface area (Å²) in [6.07, 6.45) is 0.917. The van der Waals surface area contributed by atoms with Crippen LogP contribution in [-0.4, -0.2) is 37.5 Å². The van der Waals surface area contributed by atoms with Crippen LogP contribution in [0.1, 0.15) is 11.8 Å². The lowest BCUT2D eigenvalue weighted by molar-refractivity contribution is -0.128. The molecule has 1 aromatic rings. The van der Waals surface area contributed by atoms with Gasteiger partial charge < -0.3 is 10.2 Å². The fourth-order valence-electron chi connectivity index (χ4n) is 1.20. The molecule has 0 saturated heterocycles. The minimum absolute atomic E-state index is 0.131. The van der Waals surface area contributed by atoms with Crippen molar-refractivity contribution < 1.29 is 4.79 Å². The lowest BCUT2D eigenvalue weighted by Gasteiger charge is -2.14. The average Bonchev–Trinajstić information content (AvgIpc) is 2.69. The number of carbonyl (C=O) groups is 1. The highest BCUT2D eigenvalue weighted by atomic mass is 35.5. The van der Waals surface area contributed by atoms with Crippen LogP contribution < -0.4 is 5.32 Å². The van der Waals surface area contributed by atoms with Gasteiger partial charge in [-0.05, 0) is 25.5 Å². The predicted octanol–water partition coefficient (Wildman–Crippen LogP) is 2.01. The van der Waals surface area contributed by atoms with Crippen molar-refractivity contribution >= 4 is 28.8 Å². The second-order valence-corrected chi connectivity index (χ2v) is 5.34. The molecule has 0 aliphatic rings. The van der Waals surface area contributed by atoms with Crippen LogP contribution in [0.5, 0.6) is 0 Å². The number of likely N-dealkylation sites (N-methyl/N-ethyl adjacent to an activating group) is 1. The molecule has 0 saturated carbocycles. The van der Waals surface area contributed by atoms with Crippen LogP contribution in [0.25, 0.3) is 0 Å². The maximum atomic E-state index is 11.4. The number of nitrogens with zero attached hydrogens (tertiary/aromatic N) is 1. The first-order valence-corrected chi connectivity index (χ1v) is 6.51. The molecule has 0 fully saturated rings. The van der Waals surface area contributed by atoms with Gasteiger partial charge in [-0.2, -0.15) is 0 Å². The third-order valence-electron chi connectivity index (χ3n) is 2.35. The van der Waals surface area contributed by atoms with E-state index in [0.29, 0.717) is 6.54 Å². The lowest BCUT2D eigenvalue weighted by atomic mass is 10.3. The van der Waals surface area contributed by atoms with E-state index in [9.17, 15) is 4.79 Å². The van der Waals surface area contributed by atoms with Crippen molar-refractivity contribution in [2.45, 2.75) is 13.3 Å². The van der Waals surface area contributed by atoms with E-state index in [-0.39, 0.29) is 5.91 Å². The summed E-state index contributed by atoms with van der Waals surface area (Å²) >= 11 is 7.41. The second kappa shape index (κ2) is 6.89. The van der Waals surface area contributed by atoms with Gasteiger partial charge in [0.15, 0.2) is 0 Å². The third-order valence-corrected chi connectivity index (χ3v) is 3.64. The minimum atomic E-state index is 0.131. The lowest BCUT2D eigenvalue weighted by Crippen LogP contribution is -2.36. The van der Waals surface area contributed by atoms with E-state index in [4.69, 9.17) is 11.6 Å². The zero-order valence-corrected chi connectivity index (χ0v) is 11.2. The van der Waals surface area contributed by atoms with E-state index >= 15 is 0 Å². The summed E-state index contributed by atoms with van der Waals surface area (Å²) in [6, 6.07) is 3.92. The molecule has 0 bridgehead atoms. The Balaban J connectivity index is 2.15. The Labute approximate surface area is 105 Å². The Morgan fingerprint density at radius 1 is 1.56 bits per heavy atom. The number of nitrogens with one attached hydrogen (secondary N) is 1. The van der Waals surface area contributed by atoms with Crippen LogP contribution in [0.3, 0.4) is 0 Å². The Kier molecular flexibility index (Phi) is 5.80. The van der Waals surface area contributed by atoms with E-state index in [1.807, 2.05) is 26.1 Å². The highest BCUT2D eigenvalue weighted by molar-refractivity contribution is 7.16.